The van der Waals surface area contributed by atoms with Gasteiger partial charge in [0.25, 0.3) is 0 Å². The number of halogens is 2. The van der Waals surface area contributed by atoms with Gasteiger partial charge in [-0.15, -0.1) is 0 Å². The summed E-state index contributed by atoms with van der Waals surface area (Å²) in [6.07, 6.45) is 0.643. The van der Waals surface area contributed by atoms with Gasteiger partial charge in [0, 0.05) is 5.69 Å². The van der Waals surface area contributed by atoms with E-state index in [1.807, 2.05) is 6.07 Å². The van der Waals surface area contributed by atoms with Crippen LogP contribution in [-0.4, -0.2) is 0 Å². The molecule has 1 atom stereocenters. The maximum atomic E-state index is 13.7. The smallest absolute Gasteiger partial charge is 0.133 e. The van der Waals surface area contributed by atoms with Crippen molar-refractivity contribution in [2.75, 3.05) is 5.73 Å². The third kappa shape index (κ3) is 2.14. The zero-order valence-electron chi connectivity index (χ0n) is 10.2. The number of hydrogen-bond donors (Lipinski definition) is 1. The molecule has 0 aliphatic carbocycles. The Kier molecular flexibility index (Phi) is 2.85. The summed E-state index contributed by atoms with van der Waals surface area (Å²) in [6, 6.07) is 9.16. The summed E-state index contributed by atoms with van der Waals surface area (Å²) in [5.74, 6) is -0.485. The Labute approximate surface area is 109 Å². The van der Waals surface area contributed by atoms with Crippen LogP contribution in [0.5, 0.6) is 5.75 Å². The Bertz CT molecular complexity index is 607. The van der Waals surface area contributed by atoms with E-state index in [9.17, 15) is 8.78 Å². The molecule has 2 nitrogen and oxygen atoms in total. The highest BCUT2D eigenvalue weighted by Gasteiger charge is 2.26. The van der Waals surface area contributed by atoms with Gasteiger partial charge in [-0.3, -0.25) is 0 Å². The van der Waals surface area contributed by atoms with Gasteiger partial charge in [-0.05, 0) is 48.7 Å². The topological polar surface area (TPSA) is 35.2 Å². The average Bonchev–Trinajstić information content (AvgIpc) is 2.38. The first-order valence-corrected chi connectivity index (χ1v) is 6.14. The first-order valence-electron chi connectivity index (χ1n) is 6.14. The van der Waals surface area contributed by atoms with Crippen LogP contribution >= 0.6 is 0 Å². The van der Waals surface area contributed by atoms with E-state index < -0.39 is 17.7 Å². The lowest BCUT2D eigenvalue weighted by molar-refractivity contribution is 0.167. The summed E-state index contributed by atoms with van der Waals surface area (Å²) >= 11 is 0. The zero-order valence-corrected chi connectivity index (χ0v) is 10.2. The molecule has 1 aliphatic rings. The monoisotopic (exact) mass is 261 g/mol. The van der Waals surface area contributed by atoms with Crippen LogP contribution < -0.4 is 10.5 Å². The molecule has 98 valence electrons. The second kappa shape index (κ2) is 4.53. The number of ether oxygens (including phenoxy) is 1. The number of hydrogen-bond acceptors (Lipinski definition) is 2. The van der Waals surface area contributed by atoms with Gasteiger partial charge in [-0.25, -0.2) is 8.78 Å². The normalized spacial score (nSPS) is 17.7. The fourth-order valence-corrected chi connectivity index (χ4v) is 2.43. The van der Waals surface area contributed by atoms with E-state index in [0.29, 0.717) is 24.3 Å². The average molecular weight is 261 g/mol. The number of anilines is 1. The molecule has 0 spiro atoms. The fourth-order valence-electron chi connectivity index (χ4n) is 2.43. The number of nitrogens with two attached hydrogens (primary N) is 1. The minimum Gasteiger partial charge on any atom is -0.485 e. The number of rotatable bonds is 1. The molecule has 0 saturated heterocycles. The van der Waals surface area contributed by atoms with Crippen LogP contribution in [0.3, 0.4) is 0 Å². The highest BCUT2D eigenvalue weighted by atomic mass is 19.1. The van der Waals surface area contributed by atoms with Gasteiger partial charge in [0.2, 0.25) is 0 Å². The predicted octanol–water partition coefficient (Wildman–Crippen LogP) is 3.61. The lowest BCUT2D eigenvalue weighted by Gasteiger charge is -2.27. The van der Waals surface area contributed by atoms with Crippen LogP contribution in [0.1, 0.15) is 23.7 Å². The van der Waals surface area contributed by atoms with Crippen LogP contribution in [0, 0.1) is 11.6 Å². The molecule has 0 saturated carbocycles. The maximum Gasteiger partial charge on any atom is 0.133 e. The van der Waals surface area contributed by atoms with E-state index in [1.165, 1.54) is 18.2 Å². The number of benzene rings is 2. The van der Waals surface area contributed by atoms with Crippen molar-refractivity contribution in [3.05, 3.63) is 59.2 Å². The Morgan fingerprint density at radius 2 is 1.84 bits per heavy atom. The van der Waals surface area contributed by atoms with Crippen LogP contribution in [0.4, 0.5) is 14.5 Å². The highest BCUT2D eigenvalue weighted by Crippen LogP contribution is 2.37. The Morgan fingerprint density at radius 1 is 1.11 bits per heavy atom. The standard InChI is InChI=1S/C15H13F2NO/c16-11-2-1-3-12(17)15(11)14-6-4-9-8-10(18)5-7-13(9)19-14/h1-3,5,7-8,14H,4,6,18H2. The van der Waals surface area contributed by atoms with E-state index in [-0.39, 0.29) is 5.56 Å². The van der Waals surface area contributed by atoms with Gasteiger partial charge in [0.05, 0.1) is 5.56 Å². The van der Waals surface area contributed by atoms with Gasteiger partial charge in [0.1, 0.15) is 23.5 Å². The van der Waals surface area contributed by atoms with Gasteiger partial charge >= 0.3 is 0 Å². The van der Waals surface area contributed by atoms with E-state index in [0.717, 1.165) is 5.56 Å². The molecule has 1 aliphatic heterocycles. The van der Waals surface area contributed by atoms with Crippen LogP contribution in [-0.2, 0) is 6.42 Å². The SMILES string of the molecule is Nc1ccc2c(c1)CCC(c1c(F)cccc1F)O2. The number of nitrogen functional groups attached to an aromatic ring is 1. The molecular formula is C15H13F2NO. The maximum absolute atomic E-state index is 13.7. The number of aryl methyl sites for hydroxylation is 1. The summed E-state index contributed by atoms with van der Waals surface area (Å²) in [5, 5.41) is 0. The molecule has 1 unspecified atom stereocenters. The zero-order chi connectivity index (χ0) is 13.4. The van der Waals surface area contributed by atoms with E-state index in [2.05, 4.69) is 0 Å². The summed E-state index contributed by atoms with van der Waals surface area (Å²) in [7, 11) is 0. The minimum atomic E-state index is -0.586. The molecule has 0 radical (unpaired) electrons. The Morgan fingerprint density at radius 3 is 2.58 bits per heavy atom. The second-order valence-electron chi connectivity index (χ2n) is 4.65. The molecular weight excluding hydrogens is 248 g/mol. The molecule has 3 rings (SSSR count). The molecule has 2 N–H and O–H groups in total. The molecule has 4 heteroatoms. The second-order valence-corrected chi connectivity index (χ2v) is 4.65. The first-order chi connectivity index (χ1) is 9.15. The first kappa shape index (κ1) is 12.0. The molecule has 19 heavy (non-hydrogen) atoms. The van der Waals surface area contributed by atoms with E-state index in [4.69, 9.17) is 10.5 Å². The van der Waals surface area contributed by atoms with Crippen molar-refractivity contribution in [3.63, 3.8) is 0 Å². The van der Waals surface area contributed by atoms with Crippen LogP contribution in [0.15, 0.2) is 36.4 Å². The quantitative estimate of drug-likeness (QED) is 0.796. The molecule has 0 fully saturated rings. The van der Waals surface area contributed by atoms with Gasteiger partial charge in [0.15, 0.2) is 0 Å². The molecule has 1 heterocycles. The van der Waals surface area contributed by atoms with E-state index >= 15 is 0 Å². The molecule has 0 amide bonds. The summed E-state index contributed by atoms with van der Waals surface area (Å²) in [5.41, 5.74) is 7.35. The highest BCUT2D eigenvalue weighted by molar-refractivity contribution is 5.49. The lowest BCUT2D eigenvalue weighted by Crippen LogP contribution is -2.18. The number of fused-ring (bicyclic) bond motifs is 1. The van der Waals surface area contributed by atoms with Gasteiger partial charge in [-0.1, -0.05) is 6.07 Å². The summed E-state index contributed by atoms with van der Waals surface area (Å²) in [6.45, 7) is 0. The van der Waals surface area contributed by atoms with Crippen LogP contribution in [0.2, 0.25) is 0 Å². The molecule has 0 aromatic heterocycles. The van der Waals surface area contributed by atoms with Crippen molar-refractivity contribution in [2.45, 2.75) is 18.9 Å². The molecule has 0 bridgehead atoms. The summed E-state index contributed by atoms with van der Waals surface area (Å²) < 4.78 is 33.2. The lowest BCUT2D eigenvalue weighted by atomic mass is 9.96. The molecule has 2 aromatic carbocycles. The Hall–Kier alpha value is -2.10. The van der Waals surface area contributed by atoms with E-state index in [1.54, 1.807) is 12.1 Å². The fraction of sp³-hybridized carbons (Fsp3) is 0.200. The van der Waals surface area contributed by atoms with Crippen molar-refractivity contribution in [2.24, 2.45) is 0 Å². The van der Waals surface area contributed by atoms with Crippen molar-refractivity contribution in [3.8, 4) is 5.75 Å². The predicted molar refractivity (Wildman–Crippen MR) is 68.9 cm³/mol. The minimum absolute atomic E-state index is 0.00461. The molecule has 2 aromatic rings. The van der Waals surface area contributed by atoms with Crippen molar-refractivity contribution >= 4 is 5.69 Å². The van der Waals surface area contributed by atoms with Crippen molar-refractivity contribution in [1.29, 1.82) is 0 Å². The summed E-state index contributed by atoms with van der Waals surface area (Å²) in [4.78, 5) is 0. The largest absolute Gasteiger partial charge is 0.485 e. The van der Waals surface area contributed by atoms with Gasteiger partial charge < -0.3 is 10.5 Å². The van der Waals surface area contributed by atoms with Crippen LogP contribution in [0.25, 0.3) is 0 Å². The third-order valence-corrected chi connectivity index (χ3v) is 3.35. The van der Waals surface area contributed by atoms with Gasteiger partial charge in [-0.2, -0.15) is 0 Å². The van der Waals surface area contributed by atoms with Crippen molar-refractivity contribution < 1.29 is 13.5 Å². The third-order valence-electron chi connectivity index (χ3n) is 3.35. The Balaban J connectivity index is 1.96. The van der Waals surface area contributed by atoms with Crippen molar-refractivity contribution in [1.82, 2.24) is 0 Å².